The van der Waals surface area contributed by atoms with Gasteiger partial charge in [0.15, 0.2) is 0 Å². The van der Waals surface area contributed by atoms with Gasteiger partial charge < -0.3 is 14.7 Å². The van der Waals surface area contributed by atoms with Crippen LogP contribution in [0.15, 0.2) is 83.9 Å². The Balaban J connectivity index is 1.23. The molecule has 0 aliphatic heterocycles. The quantitative estimate of drug-likeness (QED) is 0.227. The highest BCUT2D eigenvalue weighted by Gasteiger charge is 2.21. The van der Waals surface area contributed by atoms with Crippen molar-refractivity contribution in [2.24, 2.45) is 5.92 Å². The van der Waals surface area contributed by atoms with Crippen LogP contribution < -0.4 is 5.32 Å². The Kier molecular flexibility index (Phi) is 5.54. The summed E-state index contributed by atoms with van der Waals surface area (Å²) in [5.41, 5.74) is 8.61. The minimum atomic E-state index is 0.0996. The Bertz CT molecular complexity index is 1760. The van der Waals surface area contributed by atoms with Gasteiger partial charge in [0.2, 0.25) is 5.91 Å². The van der Waals surface area contributed by atoms with Crippen molar-refractivity contribution >= 4 is 33.4 Å². The lowest BCUT2D eigenvalue weighted by Crippen LogP contribution is -2.24. The van der Waals surface area contributed by atoms with Crippen molar-refractivity contribution in [3.8, 4) is 33.6 Å². The number of nitrogens with one attached hydrogen (secondary N) is 3. The Hall–Kier alpha value is -4.65. The van der Waals surface area contributed by atoms with Crippen LogP contribution in [-0.4, -0.2) is 26.1 Å². The number of furan rings is 1. The van der Waals surface area contributed by atoms with E-state index in [0.29, 0.717) is 0 Å². The van der Waals surface area contributed by atoms with Gasteiger partial charge in [0.25, 0.3) is 0 Å². The van der Waals surface area contributed by atoms with E-state index in [0.717, 1.165) is 86.8 Å². The number of amides is 1. The van der Waals surface area contributed by atoms with E-state index in [1.807, 2.05) is 30.5 Å². The van der Waals surface area contributed by atoms with Gasteiger partial charge >= 0.3 is 0 Å². The number of benzene rings is 2. The lowest BCUT2D eigenvalue weighted by Gasteiger charge is -2.20. The first-order chi connectivity index (χ1) is 18.7. The summed E-state index contributed by atoms with van der Waals surface area (Å²) in [6.45, 7) is 0. The first-order valence-corrected chi connectivity index (χ1v) is 13.1. The van der Waals surface area contributed by atoms with Crippen LogP contribution in [0.5, 0.6) is 0 Å². The fourth-order valence-electron chi connectivity index (χ4n) is 5.63. The van der Waals surface area contributed by atoms with Crippen LogP contribution in [-0.2, 0) is 4.79 Å². The van der Waals surface area contributed by atoms with Crippen LogP contribution >= 0.6 is 0 Å². The first-order valence-electron chi connectivity index (χ1n) is 13.1. The van der Waals surface area contributed by atoms with Crippen LogP contribution in [0.2, 0.25) is 0 Å². The molecule has 4 aromatic heterocycles. The van der Waals surface area contributed by atoms with Crippen molar-refractivity contribution < 1.29 is 9.21 Å². The summed E-state index contributed by atoms with van der Waals surface area (Å²) in [4.78, 5) is 20.7. The van der Waals surface area contributed by atoms with E-state index in [1.165, 1.54) is 6.42 Å². The van der Waals surface area contributed by atoms with Gasteiger partial charge in [0.05, 0.1) is 35.6 Å². The molecule has 3 N–H and O–H groups in total. The molecule has 7 rings (SSSR count). The standard InChI is InChI=1S/C31H27N5O2/c37-31(19-5-2-1-3-6-19)33-23-13-22(16-32-17-23)20-9-10-28-26(14-20)30(36-35-28)29-15-25-24(21-11-12-38-18-21)7-4-8-27(25)34-29/h4,7-19,34H,1-3,5-6H2,(H,33,37)(H,35,36). The molecule has 1 fully saturated rings. The molecule has 2 aromatic carbocycles. The molecule has 0 saturated heterocycles. The van der Waals surface area contributed by atoms with Crippen LogP contribution in [0.4, 0.5) is 5.69 Å². The van der Waals surface area contributed by atoms with Gasteiger partial charge in [-0.05, 0) is 60.4 Å². The van der Waals surface area contributed by atoms with Gasteiger partial charge in [0, 0.05) is 39.5 Å². The molecule has 6 aromatic rings. The Morgan fingerprint density at radius 1 is 0.895 bits per heavy atom. The average molecular weight is 502 g/mol. The first kappa shape index (κ1) is 22.5. The van der Waals surface area contributed by atoms with Crippen LogP contribution in [0.1, 0.15) is 32.1 Å². The van der Waals surface area contributed by atoms with E-state index in [9.17, 15) is 4.79 Å². The number of H-pyrrole nitrogens is 2. The van der Waals surface area contributed by atoms with Crippen molar-refractivity contribution in [3.63, 3.8) is 0 Å². The molecule has 38 heavy (non-hydrogen) atoms. The van der Waals surface area contributed by atoms with E-state index in [-0.39, 0.29) is 11.8 Å². The van der Waals surface area contributed by atoms with Crippen LogP contribution in [0.25, 0.3) is 55.4 Å². The minimum Gasteiger partial charge on any atom is -0.472 e. The number of fused-ring (bicyclic) bond motifs is 2. The molecule has 0 atom stereocenters. The molecule has 1 amide bonds. The summed E-state index contributed by atoms with van der Waals surface area (Å²) < 4.78 is 5.31. The zero-order valence-electron chi connectivity index (χ0n) is 20.8. The smallest absolute Gasteiger partial charge is 0.227 e. The number of aromatic nitrogens is 4. The molecule has 7 nitrogen and oxygen atoms in total. The highest BCUT2D eigenvalue weighted by molar-refractivity contribution is 6.02. The number of hydrogen-bond acceptors (Lipinski definition) is 4. The highest BCUT2D eigenvalue weighted by Crippen LogP contribution is 2.35. The van der Waals surface area contributed by atoms with Gasteiger partial charge in [-0.1, -0.05) is 37.5 Å². The Labute approximate surface area is 219 Å². The monoisotopic (exact) mass is 501 g/mol. The van der Waals surface area contributed by atoms with Crippen molar-refractivity contribution in [1.82, 2.24) is 20.2 Å². The third-order valence-corrected chi connectivity index (χ3v) is 7.63. The third kappa shape index (κ3) is 4.06. The third-order valence-electron chi connectivity index (χ3n) is 7.63. The van der Waals surface area contributed by atoms with Gasteiger partial charge in [-0.15, -0.1) is 0 Å². The predicted molar refractivity (Wildman–Crippen MR) is 150 cm³/mol. The summed E-state index contributed by atoms with van der Waals surface area (Å²) in [6.07, 6.45) is 12.4. The lowest BCUT2D eigenvalue weighted by molar-refractivity contribution is -0.120. The molecule has 0 spiro atoms. The molecule has 0 unspecified atom stereocenters. The number of aromatic amines is 2. The summed E-state index contributed by atoms with van der Waals surface area (Å²) in [6, 6.07) is 18.5. The number of carbonyl (C=O) groups is 1. The number of hydrogen-bond donors (Lipinski definition) is 3. The number of carbonyl (C=O) groups excluding carboxylic acids is 1. The van der Waals surface area contributed by atoms with Gasteiger partial charge in [0.1, 0.15) is 5.69 Å². The molecule has 4 heterocycles. The second-order valence-electron chi connectivity index (χ2n) is 10.1. The number of anilines is 1. The maximum absolute atomic E-state index is 12.8. The van der Waals surface area contributed by atoms with E-state index >= 15 is 0 Å². The molecule has 188 valence electrons. The number of nitrogens with zero attached hydrogens (tertiary/aromatic N) is 2. The summed E-state index contributed by atoms with van der Waals surface area (Å²) >= 11 is 0. The fraction of sp³-hybridized carbons (Fsp3) is 0.194. The number of rotatable bonds is 5. The lowest BCUT2D eigenvalue weighted by atomic mass is 9.88. The maximum atomic E-state index is 12.8. The fourth-order valence-corrected chi connectivity index (χ4v) is 5.63. The predicted octanol–water partition coefficient (Wildman–Crippen LogP) is 7.55. The highest BCUT2D eigenvalue weighted by atomic mass is 16.3. The van der Waals surface area contributed by atoms with Crippen molar-refractivity contribution in [1.29, 1.82) is 0 Å². The van der Waals surface area contributed by atoms with Crippen molar-refractivity contribution in [2.45, 2.75) is 32.1 Å². The van der Waals surface area contributed by atoms with Gasteiger partial charge in [-0.3, -0.25) is 14.9 Å². The molecular formula is C31H27N5O2. The maximum Gasteiger partial charge on any atom is 0.227 e. The van der Waals surface area contributed by atoms with E-state index < -0.39 is 0 Å². The van der Waals surface area contributed by atoms with Crippen LogP contribution in [0, 0.1) is 5.92 Å². The summed E-state index contributed by atoms with van der Waals surface area (Å²) in [7, 11) is 0. The largest absolute Gasteiger partial charge is 0.472 e. The molecule has 1 aliphatic rings. The Morgan fingerprint density at radius 2 is 1.82 bits per heavy atom. The van der Waals surface area contributed by atoms with Gasteiger partial charge in [-0.25, -0.2) is 0 Å². The topological polar surface area (TPSA) is 99.6 Å². The molecule has 1 saturated carbocycles. The van der Waals surface area contributed by atoms with E-state index in [4.69, 9.17) is 4.42 Å². The second-order valence-corrected chi connectivity index (χ2v) is 10.1. The number of pyridine rings is 1. The van der Waals surface area contributed by atoms with Crippen molar-refractivity contribution in [2.75, 3.05) is 5.32 Å². The zero-order chi connectivity index (χ0) is 25.5. The molecule has 7 heteroatoms. The Morgan fingerprint density at radius 3 is 2.68 bits per heavy atom. The van der Waals surface area contributed by atoms with E-state index in [2.05, 4.69) is 55.8 Å². The second kappa shape index (κ2) is 9.34. The molecule has 0 bridgehead atoms. The molecular weight excluding hydrogens is 474 g/mol. The minimum absolute atomic E-state index is 0.0996. The average Bonchev–Trinajstić information content (AvgIpc) is 3.73. The zero-order valence-corrected chi connectivity index (χ0v) is 20.8. The van der Waals surface area contributed by atoms with Crippen molar-refractivity contribution in [3.05, 3.63) is 79.5 Å². The van der Waals surface area contributed by atoms with E-state index in [1.54, 1.807) is 18.7 Å². The van der Waals surface area contributed by atoms with Crippen LogP contribution in [0.3, 0.4) is 0 Å². The normalized spacial score (nSPS) is 14.3. The summed E-state index contributed by atoms with van der Waals surface area (Å²) in [5.74, 6) is 0.201. The SMILES string of the molecule is O=C(Nc1cncc(-c2ccc3[nH]nc(-c4cc5c(-c6ccoc6)cccc5[nH]4)c3c2)c1)C1CCCCC1. The summed E-state index contributed by atoms with van der Waals surface area (Å²) in [5, 5.41) is 13.0. The molecule has 1 aliphatic carbocycles. The molecule has 0 radical (unpaired) electrons. The van der Waals surface area contributed by atoms with Gasteiger partial charge in [-0.2, -0.15) is 5.10 Å².